The van der Waals surface area contributed by atoms with Gasteiger partial charge in [-0.1, -0.05) is 43.9 Å². The molecule has 1 spiro atoms. The van der Waals surface area contributed by atoms with Crippen molar-refractivity contribution in [2.45, 2.75) is 71.3 Å². The summed E-state index contributed by atoms with van der Waals surface area (Å²) in [6.07, 6.45) is 12.5. The van der Waals surface area contributed by atoms with Gasteiger partial charge in [-0.2, -0.15) is 0 Å². The van der Waals surface area contributed by atoms with Crippen molar-refractivity contribution in [1.82, 2.24) is 20.2 Å². The molecule has 2 aliphatic carbocycles. The quantitative estimate of drug-likeness (QED) is 0.355. The van der Waals surface area contributed by atoms with E-state index in [2.05, 4.69) is 29.4 Å². The maximum atomic E-state index is 10.5. The third-order valence-electron chi connectivity index (χ3n) is 6.28. The van der Waals surface area contributed by atoms with E-state index in [1.54, 1.807) is 5.51 Å². The van der Waals surface area contributed by atoms with Crippen LogP contribution in [0.4, 0.5) is 5.13 Å². The van der Waals surface area contributed by atoms with Crippen LogP contribution in [0.2, 0.25) is 0 Å². The maximum absolute atomic E-state index is 10.5. The Hall–Kier alpha value is -2.07. The van der Waals surface area contributed by atoms with Gasteiger partial charge >= 0.3 is 0 Å². The predicted octanol–water partition coefficient (Wildman–Crippen LogP) is 3.17. The molecule has 2 atom stereocenters. The first-order chi connectivity index (χ1) is 14.9. The fourth-order valence-corrected chi connectivity index (χ4v) is 4.97. The molecule has 2 saturated carbocycles. The smallest absolute Gasteiger partial charge is 0.233 e. The first-order valence-electron chi connectivity index (χ1n) is 11.0. The molecule has 2 heterocycles. The van der Waals surface area contributed by atoms with E-state index in [4.69, 9.17) is 5.21 Å². The summed E-state index contributed by atoms with van der Waals surface area (Å²) in [5.41, 5.74) is 2.13. The van der Waals surface area contributed by atoms with Crippen LogP contribution in [0, 0.1) is 17.3 Å². The molecule has 3 fully saturated rings. The third kappa shape index (κ3) is 8.90. The number of likely N-dealkylation sites (tertiary alicyclic amines) is 1. The van der Waals surface area contributed by atoms with E-state index in [-0.39, 0.29) is 0 Å². The first-order valence-corrected chi connectivity index (χ1v) is 11.9. The molecule has 2 unspecified atom stereocenters. The molecule has 9 nitrogen and oxygen atoms in total. The molecule has 10 heteroatoms. The number of nitrogens with zero attached hydrogens (tertiary/aromatic N) is 4. The lowest BCUT2D eigenvalue weighted by Gasteiger charge is -2.18. The second-order valence-electron chi connectivity index (χ2n) is 9.06. The van der Waals surface area contributed by atoms with E-state index in [9.17, 15) is 14.4 Å². The van der Waals surface area contributed by atoms with Gasteiger partial charge in [-0.25, -0.2) is 5.06 Å². The summed E-state index contributed by atoms with van der Waals surface area (Å²) in [5, 5.41) is 19.6. The van der Waals surface area contributed by atoms with Gasteiger partial charge < -0.3 is 10.2 Å². The molecule has 1 saturated heterocycles. The van der Waals surface area contributed by atoms with E-state index in [0.717, 1.165) is 30.4 Å². The zero-order chi connectivity index (χ0) is 22.7. The zero-order valence-electron chi connectivity index (χ0n) is 18.5. The predicted molar refractivity (Wildman–Crippen MR) is 118 cm³/mol. The van der Waals surface area contributed by atoms with Gasteiger partial charge in [0.1, 0.15) is 5.51 Å². The lowest BCUT2D eigenvalue weighted by atomic mass is 9.94. The fraction of sp³-hybridized carbons (Fsp3) is 0.762. The van der Waals surface area contributed by atoms with Gasteiger partial charge in [0.15, 0.2) is 0 Å². The minimum absolute atomic E-state index is 0.415. The van der Waals surface area contributed by atoms with Crippen LogP contribution in [0.1, 0.15) is 65.2 Å². The van der Waals surface area contributed by atoms with Gasteiger partial charge in [-0.05, 0) is 49.9 Å². The lowest BCUT2D eigenvalue weighted by Crippen LogP contribution is -2.25. The second kappa shape index (κ2) is 12.7. The van der Waals surface area contributed by atoms with Crippen LogP contribution in [-0.4, -0.2) is 63.7 Å². The van der Waals surface area contributed by atoms with Crippen molar-refractivity contribution in [3.05, 3.63) is 5.51 Å². The lowest BCUT2D eigenvalue weighted by molar-refractivity contribution is -0.152. The number of rotatable bonds is 8. The highest BCUT2D eigenvalue weighted by molar-refractivity contribution is 7.13. The number of carbonyl (C=O) groups is 3. The Balaban J connectivity index is 0.000000170. The largest absolute Gasteiger partial charge is 0.342 e. The van der Waals surface area contributed by atoms with Crippen LogP contribution in [-0.2, 0) is 14.4 Å². The summed E-state index contributed by atoms with van der Waals surface area (Å²) in [6.45, 7) is 5.73. The number of hydrogen-bond donors (Lipinski definition) is 2. The SMILES string of the molecule is CC(CC1CCCC1)CN(O)C=O.CC1CC2(CC2)CN1C=O.O=CNc1nncs1. The van der Waals surface area contributed by atoms with Crippen LogP contribution < -0.4 is 5.32 Å². The molecule has 31 heavy (non-hydrogen) atoms. The highest BCUT2D eigenvalue weighted by atomic mass is 32.1. The van der Waals surface area contributed by atoms with E-state index >= 15 is 0 Å². The molecule has 3 aliphatic rings. The van der Waals surface area contributed by atoms with Crippen LogP contribution in [0.5, 0.6) is 0 Å². The van der Waals surface area contributed by atoms with Crippen LogP contribution >= 0.6 is 11.3 Å². The first kappa shape index (κ1) is 25.2. The highest BCUT2D eigenvalue weighted by Crippen LogP contribution is 2.54. The van der Waals surface area contributed by atoms with Crippen molar-refractivity contribution in [2.24, 2.45) is 17.3 Å². The Morgan fingerprint density at radius 3 is 2.52 bits per heavy atom. The normalized spacial score (nSPS) is 21.9. The minimum atomic E-state index is 0.415. The number of nitrogens with one attached hydrogen (secondary N) is 1. The Labute approximate surface area is 188 Å². The number of hydroxylamine groups is 2. The summed E-state index contributed by atoms with van der Waals surface area (Å²) in [6, 6.07) is 0.500. The molecule has 174 valence electrons. The minimum Gasteiger partial charge on any atom is -0.342 e. The maximum Gasteiger partial charge on any atom is 0.233 e. The van der Waals surface area contributed by atoms with Crippen LogP contribution in [0.25, 0.3) is 0 Å². The molecule has 0 radical (unpaired) electrons. The average Bonchev–Trinajstić information content (AvgIpc) is 3.15. The molecule has 4 rings (SSSR count). The summed E-state index contributed by atoms with van der Waals surface area (Å²) in [4.78, 5) is 32.2. The number of amides is 3. The summed E-state index contributed by atoms with van der Waals surface area (Å²) in [5.74, 6) is 1.24. The molecule has 0 aromatic carbocycles. The van der Waals surface area contributed by atoms with Crippen molar-refractivity contribution in [2.75, 3.05) is 18.4 Å². The second-order valence-corrected chi connectivity index (χ2v) is 9.89. The number of hydrogen-bond acceptors (Lipinski definition) is 7. The molecule has 1 aliphatic heterocycles. The van der Waals surface area contributed by atoms with Gasteiger partial charge in [-0.3, -0.25) is 19.6 Å². The molecule has 1 aromatic heterocycles. The number of carbonyl (C=O) groups excluding carboxylic acids is 3. The topological polar surface area (TPSA) is 116 Å². The Morgan fingerprint density at radius 2 is 2.06 bits per heavy atom. The number of aromatic nitrogens is 2. The molecular weight excluding hydrogens is 418 g/mol. The highest BCUT2D eigenvalue weighted by Gasteiger charge is 2.50. The molecule has 3 amide bonds. The van der Waals surface area contributed by atoms with Gasteiger partial charge in [0, 0.05) is 12.6 Å². The Morgan fingerprint density at radius 1 is 1.35 bits per heavy atom. The standard InChI is InChI=1S/C10H19NO2.C8H13NO.C3H3N3OS/c1-9(7-11(13)8-12)6-10-4-2-3-5-10;1-7-4-8(2-3-8)5-9(7)6-10;7-1-4-3-6-5-2-8-3/h8-10,13H,2-7H2,1H3;6-7H,2-5H2,1H3;1-2H,(H,4,6,7). The monoisotopic (exact) mass is 453 g/mol. The van der Waals surface area contributed by atoms with Crippen molar-refractivity contribution in [3.8, 4) is 0 Å². The number of anilines is 1. The van der Waals surface area contributed by atoms with Crippen LogP contribution in [0.3, 0.4) is 0 Å². The van der Waals surface area contributed by atoms with Crippen molar-refractivity contribution >= 4 is 35.7 Å². The van der Waals surface area contributed by atoms with E-state index in [0.29, 0.717) is 41.9 Å². The molecule has 1 aromatic rings. The third-order valence-corrected chi connectivity index (χ3v) is 6.90. The van der Waals surface area contributed by atoms with Gasteiger partial charge in [-0.15, -0.1) is 10.2 Å². The molecule has 0 bridgehead atoms. The van der Waals surface area contributed by atoms with Crippen molar-refractivity contribution in [1.29, 1.82) is 0 Å². The van der Waals surface area contributed by atoms with E-state index in [1.165, 1.54) is 56.3 Å². The van der Waals surface area contributed by atoms with Gasteiger partial charge in [0.25, 0.3) is 0 Å². The summed E-state index contributed by atoms with van der Waals surface area (Å²) in [7, 11) is 0. The summed E-state index contributed by atoms with van der Waals surface area (Å²) < 4.78 is 0. The fourth-order valence-electron chi connectivity index (χ4n) is 4.57. The molecular formula is C21H35N5O4S. The molecule has 2 N–H and O–H groups in total. The average molecular weight is 454 g/mol. The van der Waals surface area contributed by atoms with Crippen molar-refractivity contribution < 1.29 is 19.6 Å². The Bertz CT molecular complexity index is 665. The van der Waals surface area contributed by atoms with Gasteiger partial charge in [0.2, 0.25) is 24.4 Å². The van der Waals surface area contributed by atoms with E-state index < -0.39 is 0 Å². The van der Waals surface area contributed by atoms with Gasteiger partial charge in [0.05, 0.1) is 6.54 Å². The zero-order valence-corrected chi connectivity index (χ0v) is 19.3. The van der Waals surface area contributed by atoms with E-state index in [1.807, 2.05) is 4.90 Å². The Kier molecular flexibility index (Phi) is 10.3. The summed E-state index contributed by atoms with van der Waals surface area (Å²) >= 11 is 1.28. The van der Waals surface area contributed by atoms with Crippen LogP contribution in [0.15, 0.2) is 5.51 Å². The van der Waals surface area contributed by atoms with Crippen molar-refractivity contribution in [3.63, 3.8) is 0 Å².